The molecule has 2 aromatic carbocycles. The molecule has 4 aromatic rings. The average Bonchev–Trinajstić information content (AvgIpc) is 3.60. The van der Waals surface area contributed by atoms with Gasteiger partial charge < -0.3 is 23.8 Å². The van der Waals surface area contributed by atoms with Crippen LogP contribution in [0.15, 0.2) is 81.8 Å². The lowest BCUT2D eigenvalue weighted by molar-refractivity contribution is -0.116. The van der Waals surface area contributed by atoms with Crippen molar-refractivity contribution in [1.29, 1.82) is 5.26 Å². The maximum absolute atomic E-state index is 12.7. The summed E-state index contributed by atoms with van der Waals surface area (Å²) < 4.78 is 17.1. The maximum atomic E-state index is 12.7. The van der Waals surface area contributed by atoms with Gasteiger partial charge in [-0.05, 0) is 36.4 Å². The number of carbonyl (C=O) groups excluding carboxylic acids is 1. The van der Waals surface area contributed by atoms with Gasteiger partial charge in [0.1, 0.15) is 11.8 Å². The lowest BCUT2D eigenvalue weighted by Crippen LogP contribution is -2.47. The highest BCUT2D eigenvalue weighted by Crippen LogP contribution is 2.30. The Bertz CT molecular complexity index is 1340. The number of furan rings is 1. The van der Waals surface area contributed by atoms with E-state index in [9.17, 15) is 10.1 Å². The van der Waals surface area contributed by atoms with Crippen molar-refractivity contribution in [1.82, 2.24) is 9.88 Å². The van der Waals surface area contributed by atoms with Crippen LogP contribution < -0.4 is 15.0 Å². The van der Waals surface area contributed by atoms with Gasteiger partial charge in [-0.3, -0.25) is 9.69 Å². The van der Waals surface area contributed by atoms with Crippen LogP contribution >= 0.6 is 0 Å². The Morgan fingerprint density at radius 2 is 1.81 bits per heavy atom. The first kappa shape index (κ1) is 23.2. The van der Waals surface area contributed by atoms with E-state index in [1.165, 1.54) is 6.26 Å². The summed E-state index contributed by atoms with van der Waals surface area (Å²) in [7, 11) is 0. The van der Waals surface area contributed by atoms with Crippen molar-refractivity contribution in [2.75, 3.05) is 42.9 Å². The van der Waals surface area contributed by atoms with Crippen LogP contribution in [0.25, 0.3) is 11.7 Å². The molecule has 1 fully saturated rings. The third kappa shape index (κ3) is 5.40. The monoisotopic (exact) mass is 483 g/mol. The number of nitrogens with zero attached hydrogens (tertiary/aromatic N) is 4. The number of ether oxygens (including phenoxy) is 1. The van der Waals surface area contributed by atoms with E-state index < -0.39 is 0 Å². The molecule has 5 rings (SSSR count). The number of benzene rings is 2. The molecule has 0 spiro atoms. The fourth-order valence-electron chi connectivity index (χ4n) is 4.03. The molecule has 2 aromatic heterocycles. The van der Waals surface area contributed by atoms with Gasteiger partial charge >= 0.3 is 0 Å². The average molecular weight is 484 g/mol. The Kier molecular flexibility index (Phi) is 6.96. The summed E-state index contributed by atoms with van der Waals surface area (Å²) in [4.78, 5) is 21.2. The summed E-state index contributed by atoms with van der Waals surface area (Å²) in [6, 6.07) is 22.5. The lowest BCUT2D eigenvalue weighted by Gasteiger charge is -2.34. The fourth-order valence-corrected chi connectivity index (χ4v) is 4.03. The summed E-state index contributed by atoms with van der Waals surface area (Å²) >= 11 is 0. The number of hydrogen-bond donors (Lipinski definition) is 1. The van der Waals surface area contributed by atoms with E-state index in [1.54, 1.807) is 12.1 Å². The Hall–Kier alpha value is -4.55. The van der Waals surface area contributed by atoms with E-state index in [4.69, 9.17) is 13.6 Å². The molecule has 1 aliphatic heterocycles. The Morgan fingerprint density at radius 3 is 2.56 bits per heavy atom. The zero-order valence-electron chi connectivity index (χ0n) is 19.6. The predicted octanol–water partition coefficient (Wildman–Crippen LogP) is 4.75. The van der Waals surface area contributed by atoms with E-state index in [0.29, 0.717) is 60.8 Å². The van der Waals surface area contributed by atoms with Gasteiger partial charge in [-0.1, -0.05) is 30.3 Å². The second-order valence-electron chi connectivity index (χ2n) is 8.30. The van der Waals surface area contributed by atoms with Gasteiger partial charge in [-0.25, -0.2) is 0 Å². The van der Waals surface area contributed by atoms with Crippen molar-refractivity contribution < 1.29 is 18.4 Å². The minimum Gasteiger partial charge on any atom is -0.459 e. The van der Waals surface area contributed by atoms with Gasteiger partial charge in [0, 0.05) is 39.1 Å². The number of para-hydroxylation sites is 3. The molecule has 3 heterocycles. The molecule has 0 unspecified atom stereocenters. The summed E-state index contributed by atoms with van der Waals surface area (Å²) in [5, 5.41) is 12.5. The molecule has 182 valence electrons. The largest absolute Gasteiger partial charge is 0.459 e. The summed E-state index contributed by atoms with van der Waals surface area (Å²) in [6.07, 6.45) is 1.89. The zero-order chi connectivity index (χ0) is 24.7. The number of oxazole rings is 1. The molecule has 36 heavy (non-hydrogen) atoms. The molecule has 1 saturated heterocycles. The van der Waals surface area contributed by atoms with E-state index >= 15 is 0 Å². The van der Waals surface area contributed by atoms with Crippen LogP contribution in [0.2, 0.25) is 0 Å². The first-order valence-corrected chi connectivity index (χ1v) is 11.7. The highest BCUT2D eigenvalue weighted by Gasteiger charge is 2.25. The minimum atomic E-state index is -0.0772. The molecule has 0 atom stereocenters. The molecular formula is C27H25N5O4. The molecule has 0 saturated carbocycles. The van der Waals surface area contributed by atoms with Gasteiger partial charge in [0.05, 0.1) is 12.0 Å². The van der Waals surface area contributed by atoms with Crippen LogP contribution in [0.4, 0.5) is 11.6 Å². The first-order chi connectivity index (χ1) is 17.7. The van der Waals surface area contributed by atoms with Crippen LogP contribution in [-0.4, -0.2) is 48.5 Å². The molecule has 1 aliphatic rings. The molecular weight excluding hydrogens is 458 g/mol. The molecule has 0 aliphatic carbocycles. The Labute approximate surface area is 208 Å². The quantitative estimate of drug-likeness (QED) is 0.383. The normalized spacial score (nSPS) is 13.8. The molecule has 0 bridgehead atoms. The van der Waals surface area contributed by atoms with Crippen molar-refractivity contribution in [2.24, 2.45) is 0 Å². The van der Waals surface area contributed by atoms with Gasteiger partial charge in [-0.15, -0.1) is 0 Å². The molecule has 1 N–H and O–H groups in total. The van der Waals surface area contributed by atoms with Crippen LogP contribution in [-0.2, 0) is 4.79 Å². The van der Waals surface area contributed by atoms with Gasteiger partial charge in [0.2, 0.25) is 17.5 Å². The number of nitriles is 1. The summed E-state index contributed by atoms with van der Waals surface area (Å²) in [6.45, 7) is 3.43. The number of amides is 1. The molecule has 1 amide bonds. The SMILES string of the molecule is N#Cc1nc(-c2ccco2)oc1N1CCN(CCC(=O)Nc2ccccc2Oc2ccccc2)CC1. The van der Waals surface area contributed by atoms with Crippen molar-refractivity contribution in [2.45, 2.75) is 6.42 Å². The second kappa shape index (κ2) is 10.8. The predicted molar refractivity (Wildman–Crippen MR) is 134 cm³/mol. The van der Waals surface area contributed by atoms with E-state index in [1.807, 2.05) is 59.5 Å². The summed E-state index contributed by atoms with van der Waals surface area (Å²) in [5.74, 6) is 2.46. The topological polar surface area (TPSA) is 108 Å². The third-order valence-electron chi connectivity index (χ3n) is 5.89. The molecule has 9 heteroatoms. The van der Waals surface area contributed by atoms with E-state index in [-0.39, 0.29) is 11.6 Å². The smallest absolute Gasteiger partial charge is 0.266 e. The third-order valence-corrected chi connectivity index (χ3v) is 5.89. The number of hydrogen-bond acceptors (Lipinski definition) is 8. The minimum absolute atomic E-state index is 0.0772. The fraction of sp³-hybridized carbons (Fsp3) is 0.222. The lowest BCUT2D eigenvalue weighted by atomic mass is 10.2. The number of piperazine rings is 1. The highest BCUT2D eigenvalue weighted by atomic mass is 16.5. The number of rotatable bonds is 8. The van der Waals surface area contributed by atoms with Gasteiger partial charge in [0.15, 0.2) is 11.5 Å². The second-order valence-corrected chi connectivity index (χ2v) is 8.30. The first-order valence-electron chi connectivity index (χ1n) is 11.7. The van der Waals surface area contributed by atoms with Crippen molar-refractivity contribution >= 4 is 17.5 Å². The van der Waals surface area contributed by atoms with Crippen LogP contribution in [0.1, 0.15) is 12.1 Å². The maximum Gasteiger partial charge on any atom is 0.266 e. The standard InChI is InChI=1S/C27H25N5O4/c28-19-22-27(36-26(30-22)24-11-6-18-34-24)32-16-14-31(15-17-32)13-12-25(33)29-21-9-4-5-10-23(21)35-20-7-2-1-3-8-20/h1-11,18H,12-17H2,(H,29,33). The zero-order valence-corrected chi connectivity index (χ0v) is 19.6. The van der Waals surface area contributed by atoms with Crippen molar-refractivity contribution in [3.8, 4) is 29.2 Å². The van der Waals surface area contributed by atoms with Crippen LogP contribution in [0.5, 0.6) is 11.5 Å². The number of nitrogens with one attached hydrogen (secondary N) is 1. The Balaban J connectivity index is 1.13. The van der Waals surface area contributed by atoms with Crippen molar-refractivity contribution in [3.05, 3.63) is 78.7 Å². The van der Waals surface area contributed by atoms with E-state index in [2.05, 4.69) is 21.3 Å². The highest BCUT2D eigenvalue weighted by molar-refractivity contribution is 5.92. The number of aromatic nitrogens is 1. The van der Waals surface area contributed by atoms with Crippen molar-refractivity contribution in [3.63, 3.8) is 0 Å². The molecule has 9 nitrogen and oxygen atoms in total. The van der Waals surface area contributed by atoms with Gasteiger partial charge in [0.25, 0.3) is 5.89 Å². The number of carbonyl (C=O) groups is 1. The molecule has 0 radical (unpaired) electrons. The van der Waals surface area contributed by atoms with Crippen LogP contribution in [0, 0.1) is 11.3 Å². The van der Waals surface area contributed by atoms with Crippen LogP contribution in [0.3, 0.4) is 0 Å². The number of anilines is 2. The summed E-state index contributed by atoms with van der Waals surface area (Å²) in [5.41, 5.74) is 0.878. The van der Waals surface area contributed by atoms with E-state index in [0.717, 1.165) is 13.1 Å². The van der Waals surface area contributed by atoms with Gasteiger partial charge in [-0.2, -0.15) is 10.2 Å². The Morgan fingerprint density at radius 1 is 1.03 bits per heavy atom.